The Morgan fingerprint density at radius 3 is 3.06 bits per heavy atom. The molecule has 18 heavy (non-hydrogen) atoms. The zero-order chi connectivity index (χ0) is 13.1. The maximum absolute atomic E-state index is 12.3. The van der Waals surface area contributed by atoms with Crippen LogP contribution < -0.4 is 5.73 Å². The number of hydrogen-bond donors (Lipinski definition) is 1. The molecule has 1 aliphatic rings. The van der Waals surface area contributed by atoms with Gasteiger partial charge < -0.3 is 15.4 Å². The second-order valence-electron chi connectivity index (χ2n) is 4.40. The SMILES string of the molecule is CCC1CN(C(=O)c2cc(C)nc(N)n2)CCO1. The summed E-state index contributed by atoms with van der Waals surface area (Å²) in [4.78, 5) is 22.0. The molecule has 6 nitrogen and oxygen atoms in total. The topological polar surface area (TPSA) is 81.3 Å². The molecule has 0 bridgehead atoms. The van der Waals surface area contributed by atoms with E-state index in [1.807, 2.05) is 6.92 Å². The number of rotatable bonds is 2. The molecular formula is C12H18N4O2. The Labute approximate surface area is 106 Å². The number of carbonyl (C=O) groups is 1. The molecule has 1 aromatic rings. The second-order valence-corrected chi connectivity index (χ2v) is 4.40. The molecule has 1 fully saturated rings. The van der Waals surface area contributed by atoms with E-state index in [1.54, 1.807) is 17.9 Å². The summed E-state index contributed by atoms with van der Waals surface area (Å²) in [5.74, 6) is 0.0348. The largest absolute Gasteiger partial charge is 0.375 e. The third-order valence-electron chi connectivity index (χ3n) is 2.97. The normalized spacial score (nSPS) is 19.9. The van der Waals surface area contributed by atoms with Crippen molar-refractivity contribution in [2.45, 2.75) is 26.4 Å². The zero-order valence-corrected chi connectivity index (χ0v) is 10.7. The lowest BCUT2D eigenvalue weighted by Crippen LogP contribution is -2.45. The lowest BCUT2D eigenvalue weighted by Gasteiger charge is -2.32. The third kappa shape index (κ3) is 2.76. The molecule has 1 amide bonds. The average molecular weight is 250 g/mol. The molecule has 6 heteroatoms. The van der Waals surface area contributed by atoms with E-state index in [0.29, 0.717) is 31.1 Å². The van der Waals surface area contributed by atoms with Crippen molar-refractivity contribution in [3.8, 4) is 0 Å². The maximum Gasteiger partial charge on any atom is 0.272 e. The van der Waals surface area contributed by atoms with Crippen molar-refractivity contribution in [2.24, 2.45) is 0 Å². The third-order valence-corrected chi connectivity index (χ3v) is 2.97. The number of aryl methyl sites for hydroxylation is 1. The molecule has 0 radical (unpaired) electrons. The fourth-order valence-corrected chi connectivity index (χ4v) is 2.01. The Morgan fingerprint density at radius 2 is 2.39 bits per heavy atom. The van der Waals surface area contributed by atoms with E-state index in [9.17, 15) is 4.79 Å². The minimum absolute atomic E-state index is 0.103. The summed E-state index contributed by atoms with van der Waals surface area (Å²) in [5.41, 5.74) is 6.62. The van der Waals surface area contributed by atoms with E-state index >= 15 is 0 Å². The summed E-state index contributed by atoms with van der Waals surface area (Å²) in [6.45, 7) is 5.62. The van der Waals surface area contributed by atoms with Gasteiger partial charge in [0.25, 0.3) is 5.91 Å². The van der Waals surface area contributed by atoms with Gasteiger partial charge in [-0.2, -0.15) is 0 Å². The predicted molar refractivity (Wildman–Crippen MR) is 67.1 cm³/mol. The van der Waals surface area contributed by atoms with Gasteiger partial charge in [-0.25, -0.2) is 9.97 Å². The number of hydrogen-bond acceptors (Lipinski definition) is 5. The number of carbonyl (C=O) groups excluding carboxylic acids is 1. The lowest BCUT2D eigenvalue weighted by atomic mass is 10.2. The molecule has 0 aliphatic carbocycles. The summed E-state index contributed by atoms with van der Waals surface area (Å²) < 4.78 is 5.54. The van der Waals surface area contributed by atoms with Crippen LogP contribution in [-0.4, -0.2) is 46.6 Å². The van der Waals surface area contributed by atoms with Gasteiger partial charge in [0.05, 0.1) is 12.7 Å². The Kier molecular flexibility index (Phi) is 3.76. The van der Waals surface area contributed by atoms with Gasteiger partial charge in [-0.15, -0.1) is 0 Å². The molecule has 2 rings (SSSR count). The summed E-state index contributed by atoms with van der Waals surface area (Å²) in [5, 5.41) is 0. The van der Waals surface area contributed by atoms with Gasteiger partial charge in [-0.3, -0.25) is 4.79 Å². The van der Waals surface area contributed by atoms with Crippen LogP contribution in [0.4, 0.5) is 5.95 Å². The van der Waals surface area contributed by atoms with Crippen molar-refractivity contribution >= 4 is 11.9 Å². The Bertz CT molecular complexity index is 429. The Hall–Kier alpha value is -1.69. The monoisotopic (exact) mass is 250 g/mol. The first-order valence-electron chi connectivity index (χ1n) is 6.12. The minimum Gasteiger partial charge on any atom is -0.375 e. The van der Waals surface area contributed by atoms with Crippen molar-refractivity contribution in [2.75, 3.05) is 25.4 Å². The number of aromatic nitrogens is 2. The predicted octanol–water partition coefficient (Wildman–Crippen LogP) is 0.618. The molecule has 2 heterocycles. The molecule has 1 saturated heterocycles. The second kappa shape index (κ2) is 5.30. The van der Waals surface area contributed by atoms with Crippen LogP contribution in [0.3, 0.4) is 0 Å². The highest BCUT2D eigenvalue weighted by Crippen LogP contribution is 2.12. The van der Waals surface area contributed by atoms with Gasteiger partial charge in [-0.1, -0.05) is 6.92 Å². The van der Waals surface area contributed by atoms with E-state index in [2.05, 4.69) is 9.97 Å². The number of amides is 1. The summed E-state index contributed by atoms with van der Waals surface area (Å²) in [6.07, 6.45) is 1.01. The molecule has 2 N–H and O–H groups in total. The Balaban J connectivity index is 2.15. The van der Waals surface area contributed by atoms with Gasteiger partial charge in [0.15, 0.2) is 0 Å². The molecule has 1 atom stereocenters. The number of nitrogen functional groups attached to an aromatic ring is 1. The van der Waals surface area contributed by atoms with Crippen molar-refractivity contribution < 1.29 is 9.53 Å². The highest BCUT2D eigenvalue weighted by molar-refractivity contribution is 5.92. The number of ether oxygens (including phenoxy) is 1. The van der Waals surface area contributed by atoms with E-state index in [1.165, 1.54) is 0 Å². The van der Waals surface area contributed by atoms with E-state index in [4.69, 9.17) is 10.5 Å². The summed E-state index contributed by atoms with van der Waals surface area (Å²) in [6, 6.07) is 1.66. The zero-order valence-electron chi connectivity index (χ0n) is 10.7. The van der Waals surface area contributed by atoms with Crippen LogP contribution in [-0.2, 0) is 4.74 Å². The van der Waals surface area contributed by atoms with Gasteiger partial charge in [0, 0.05) is 18.8 Å². The number of anilines is 1. The summed E-state index contributed by atoms with van der Waals surface area (Å²) in [7, 11) is 0. The molecule has 1 aliphatic heterocycles. The Morgan fingerprint density at radius 1 is 1.61 bits per heavy atom. The maximum atomic E-state index is 12.3. The van der Waals surface area contributed by atoms with Crippen molar-refractivity contribution in [3.63, 3.8) is 0 Å². The van der Waals surface area contributed by atoms with Crippen LogP contribution in [0.5, 0.6) is 0 Å². The van der Waals surface area contributed by atoms with Crippen LogP contribution in [0, 0.1) is 6.92 Å². The first-order chi connectivity index (χ1) is 8.60. The highest BCUT2D eigenvalue weighted by Gasteiger charge is 2.25. The van der Waals surface area contributed by atoms with Gasteiger partial charge in [0.2, 0.25) is 5.95 Å². The van der Waals surface area contributed by atoms with E-state index < -0.39 is 0 Å². The average Bonchev–Trinajstić information content (AvgIpc) is 2.37. The number of nitrogens with two attached hydrogens (primary N) is 1. The molecular weight excluding hydrogens is 232 g/mol. The first-order valence-corrected chi connectivity index (χ1v) is 6.12. The van der Waals surface area contributed by atoms with Gasteiger partial charge in [-0.05, 0) is 19.4 Å². The lowest BCUT2D eigenvalue weighted by molar-refractivity contribution is -0.0228. The molecule has 1 unspecified atom stereocenters. The van der Waals surface area contributed by atoms with Crippen LogP contribution in [0.15, 0.2) is 6.07 Å². The minimum atomic E-state index is -0.103. The van der Waals surface area contributed by atoms with Crippen LogP contribution in [0.2, 0.25) is 0 Å². The van der Waals surface area contributed by atoms with Crippen molar-refractivity contribution in [3.05, 3.63) is 17.5 Å². The van der Waals surface area contributed by atoms with Crippen LogP contribution in [0.25, 0.3) is 0 Å². The quantitative estimate of drug-likeness (QED) is 0.832. The molecule has 0 saturated carbocycles. The van der Waals surface area contributed by atoms with Crippen molar-refractivity contribution in [1.82, 2.24) is 14.9 Å². The van der Waals surface area contributed by atoms with E-state index in [-0.39, 0.29) is 18.0 Å². The van der Waals surface area contributed by atoms with E-state index in [0.717, 1.165) is 6.42 Å². The highest BCUT2D eigenvalue weighted by atomic mass is 16.5. The standard InChI is InChI=1S/C12H18N4O2/c1-3-9-7-16(4-5-18-9)11(17)10-6-8(2)14-12(13)15-10/h6,9H,3-5,7H2,1-2H3,(H2,13,14,15). The van der Waals surface area contributed by atoms with Crippen LogP contribution in [0.1, 0.15) is 29.5 Å². The van der Waals surface area contributed by atoms with Gasteiger partial charge >= 0.3 is 0 Å². The summed E-state index contributed by atoms with van der Waals surface area (Å²) >= 11 is 0. The molecule has 1 aromatic heterocycles. The molecule has 0 aromatic carbocycles. The molecule has 98 valence electrons. The number of morpholine rings is 1. The first kappa shape index (κ1) is 12.8. The number of nitrogens with zero attached hydrogens (tertiary/aromatic N) is 3. The smallest absolute Gasteiger partial charge is 0.272 e. The van der Waals surface area contributed by atoms with Crippen LogP contribution >= 0.6 is 0 Å². The van der Waals surface area contributed by atoms with Gasteiger partial charge in [0.1, 0.15) is 5.69 Å². The van der Waals surface area contributed by atoms with Crippen molar-refractivity contribution in [1.29, 1.82) is 0 Å². The fraction of sp³-hybridized carbons (Fsp3) is 0.583. The fourth-order valence-electron chi connectivity index (χ4n) is 2.01. The molecule has 0 spiro atoms.